The maximum atomic E-state index is 13.2. The molecule has 0 aliphatic rings. The number of methoxy groups -OCH3 is 1. The van der Waals surface area contributed by atoms with Gasteiger partial charge < -0.3 is 4.74 Å². The number of aromatic nitrogens is 1. The molecule has 0 N–H and O–H groups in total. The zero-order chi connectivity index (χ0) is 19.6. The van der Waals surface area contributed by atoms with E-state index in [1.54, 1.807) is 37.4 Å². The zero-order valence-corrected chi connectivity index (χ0v) is 17.1. The van der Waals surface area contributed by atoms with Crippen LogP contribution in [0.2, 0.25) is 0 Å². The quantitative estimate of drug-likeness (QED) is 0.597. The van der Waals surface area contributed by atoms with Crippen molar-refractivity contribution >= 4 is 36.7 Å². The first-order valence-electron chi connectivity index (χ1n) is 7.94. The van der Waals surface area contributed by atoms with Crippen LogP contribution in [0.5, 0.6) is 5.75 Å². The largest absolute Gasteiger partial charge is 0.497 e. The first-order valence-corrected chi connectivity index (χ1v) is 10.2. The Kier molecular flexibility index (Phi) is 5.46. The number of sulfonamides is 1. The highest BCUT2D eigenvalue weighted by Crippen LogP contribution is 2.31. The second-order valence-corrected chi connectivity index (χ2v) is 8.81. The Bertz CT molecular complexity index is 1140. The standard InChI is InChI=1S/C19H16BrN3O3S/c1-23(12-13-3-5-15(26-2)6-4-13)27(24,25)19-10-14(20)9-17-16(19)7-8-22-18(17)11-21/h3-10H,12H2,1-2H3. The molecule has 0 bridgehead atoms. The number of rotatable bonds is 5. The van der Waals surface area contributed by atoms with Crippen molar-refractivity contribution in [3.63, 3.8) is 0 Å². The van der Waals surface area contributed by atoms with E-state index in [9.17, 15) is 13.7 Å². The summed E-state index contributed by atoms with van der Waals surface area (Å²) in [5, 5.41) is 10.2. The molecular weight excluding hydrogens is 430 g/mol. The number of hydrogen-bond acceptors (Lipinski definition) is 5. The highest BCUT2D eigenvalue weighted by Gasteiger charge is 2.24. The smallest absolute Gasteiger partial charge is 0.243 e. The van der Waals surface area contributed by atoms with Gasteiger partial charge in [0.2, 0.25) is 10.0 Å². The van der Waals surface area contributed by atoms with Crippen LogP contribution in [-0.2, 0) is 16.6 Å². The lowest BCUT2D eigenvalue weighted by Gasteiger charge is -2.19. The summed E-state index contributed by atoms with van der Waals surface area (Å²) in [6.07, 6.45) is 1.44. The van der Waals surface area contributed by atoms with Gasteiger partial charge >= 0.3 is 0 Å². The lowest BCUT2D eigenvalue weighted by atomic mass is 10.1. The van der Waals surface area contributed by atoms with Gasteiger partial charge in [-0.1, -0.05) is 28.1 Å². The second-order valence-electron chi connectivity index (χ2n) is 5.88. The average molecular weight is 446 g/mol. The Morgan fingerprint density at radius 3 is 2.52 bits per heavy atom. The number of benzene rings is 2. The molecular formula is C19H16BrN3O3S. The minimum Gasteiger partial charge on any atom is -0.497 e. The Balaban J connectivity index is 2.04. The number of nitriles is 1. The fourth-order valence-corrected chi connectivity index (χ4v) is 4.76. The molecule has 0 aliphatic heterocycles. The molecule has 0 spiro atoms. The lowest BCUT2D eigenvalue weighted by Crippen LogP contribution is -2.26. The first kappa shape index (κ1) is 19.3. The zero-order valence-electron chi connectivity index (χ0n) is 14.7. The normalized spacial score (nSPS) is 11.5. The summed E-state index contributed by atoms with van der Waals surface area (Å²) in [7, 11) is -0.688. The van der Waals surface area contributed by atoms with Gasteiger partial charge in [-0.15, -0.1) is 0 Å². The number of halogens is 1. The van der Waals surface area contributed by atoms with Crippen molar-refractivity contribution in [3.8, 4) is 11.8 Å². The number of nitrogens with zero attached hydrogens (tertiary/aromatic N) is 3. The number of fused-ring (bicyclic) bond motifs is 1. The highest BCUT2D eigenvalue weighted by molar-refractivity contribution is 9.10. The monoisotopic (exact) mass is 445 g/mol. The van der Waals surface area contributed by atoms with Crippen LogP contribution in [0.25, 0.3) is 10.8 Å². The molecule has 0 fully saturated rings. The Morgan fingerprint density at radius 1 is 1.19 bits per heavy atom. The number of ether oxygens (including phenoxy) is 1. The van der Waals surface area contributed by atoms with Gasteiger partial charge in [0.1, 0.15) is 17.5 Å². The van der Waals surface area contributed by atoms with Crippen molar-refractivity contribution in [2.24, 2.45) is 0 Å². The maximum Gasteiger partial charge on any atom is 0.243 e. The van der Waals surface area contributed by atoms with Gasteiger partial charge in [-0.25, -0.2) is 13.4 Å². The molecule has 0 amide bonds. The molecule has 3 rings (SSSR count). The molecule has 0 aliphatic carbocycles. The van der Waals surface area contributed by atoms with Gasteiger partial charge in [-0.05, 0) is 35.9 Å². The van der Waals surface area contributed by atoms with E-state index in [0.717, 1.165) is 5.56 Å². The van der Waals surface area contributed by atoms with Gasteiger partial charge in [-0.2, -0.15) is 9.57 Å². The van der Waals surface area contributed by atoms with Gasteiger partial charge in [0, 0.05) is 35.0 Å². The summed E-state index contributed by atoms with van der Waals surface area (Å²) >= 11 is 3.34. The molecule has 0 atom stereocenters. The Labute approximate surface area is 166 Å². The molecule has 27 heavy (non-hydrogen) atoms. The third-order valence-corrected chi connectivity index (χ3v) is 6.47. The lowest BCUT2D eigenvalue weighted by molar-refractivity contribution is 0.414. The fraction of sp³-hybridized carbons (Fsp3) is 0.158. The minimum absolute atomic E-state index is 0.127. The van der Waals surface area contributed by atoms with Crippen LogP contribution in [0.4, 0.5) is 0 Å². The molecule has 0 saturated carbocycles. The molecule has 3 aromatic rings. The predicted molar refractivity (Wildman–Crippen MR) is 106 cm³/mol. The van der Waals surface area contributed by atoms with Crippen LogP contribution >= 0.6 is 15.9 Å². The third-order valence-electron chi connectivity index (χ3n) is 4.17. The van der Waals surface area contributed by atoms with Crippen LogP contribution < -0.4 is 4.74 Å². The second kappa shape index (κ2) is 7.64. The van der Waals surface area contributed by atoms with Crippen LogP contribution in [0.1, 0.15) is 11.3 Å². The van der Waals surface area contributed by atoms with Crippen molar-refractivity contribution in [1.82, 2.24) is 9.29 Å². The summed E-state index contributed by atoms with van der Waals surface area (Å²) in [4.78, 5) is 4.14. The van der Waals surface area contributed by atoms with E-state index in [4.69, 9.17) is 4.74 Å². The van der Waals surface area contributed by atoms with E-state index in [1.807, 2.05) is 18.2 Å². The van der Waals surface area contributed by atoms with Crippen LogP contribution in [0.3, 0.4) is 0 Å². The average Bonchev–Trinajstić information content (AvgIpc) is 2.67. The van der Waals surface area contributed by atoms with Gasteiger partial charge in [0.15, 0.2) is 0 Å². The number of hydrogen-bond donors (Lipinski definition) is 0. The third kappa shape index (κ3) is 3.81. The molecule has 0 radical (unpaired) electrons. The molecule has 138 valence electrons. The molecule has 0 saturated heterocycles. The van der Waals surface area contributed by atoms with E-state index in [2.05, 4.69) is 20.9 Å². The molecule has 8 heteroatoms. The van der Waals surface area contributed by atoms with E-state index in [1.165, 1.54) is 17.5 Å². The summed E-state index contributed by atoms with van der Waals surface area (Å²) in [5.74, 6) is 0.707. The summed E-state index contributed by atoms with van der Waals surface area (Å²) in [6.45, 7) is 0.205. The van der Waals surface area contributed by atoms with Crippen LogP contribution in [0.15, 0.2) is 58.0 Å². The number of pyridine rings is 1. The van der Waals surface area contributed by atoms with E-state index in [-0.39, 0.29) is 17.1 Å². The van der Waals surface area contributed by atoms with Gasteiger partial charge in [0.25, 0.3) is 0 Å². The molecule has 1 aromatic heterocycles. The summed E-state index contributed by atoms with van der Waals surface area (Å²) in [6, 6.07) is 14.1. The van der Waals surface area contributed by atoms with Crippen molar-refractivity contribution in [1.29, 1.82) is 5.26 Å². The highest BCUT2D eigenvalue weighted by atomic mass is 79.9. The van der Waals surface area contributed by atoms with Crippen molar-refractivity contribution < 1.29 is 13.2 Å². The van der Waals surface area contributed by atoms with Crippen molar-refractivity contribution in [2.45, 2.75) is 11.4 Å². The molecule has 0 unspecified atom stereocenters. The fourth-order valence-electron chi connectivity index (χ4n) is 2.76. The van der Waals surface area contributed by atoms with E-state index >= 15 is 0 Å². The van der Waals surface area contributed by atoms with E-state index < -0.39 is 10.0 Å². The van der Waals surface area contributed by atoms with Gasteiger partial charge in [-0.3, -0.25) is 0 Å². The topological polar surface area (TPSA) is 83.3 Å². The molecule has 6 nitrogen and oxygen atoms in total. The van der Waals surface area contributed by atoms with Gasteiger partial charge in [0.05, 0.1) is 12.0 Å². The molecule has 2 aromatic carbocycles. The first-order chi connectivity index (χ1) is 12.9. The maximum absolute atomic E-state index is 13.2. The summed E-state index contributed by atoms with van der Waals surface area (Å²) < 4.78 is 33.4. The van der Waals surface area contributed by atoms with E-state index in [0.29, 0.717) is 21.0 Å². The summed E-state index contributed by atoms with van der Waals surface area (Å²) in [5.41, 5.74) is 1.02. The Morgan fingerprint density at radius 2 is 1.89 bits per heavy atom. The Hall–Kier alpha value is -2.47. The van der Waals surface area contributed by atoms with Crippen LogP contribution in [-0.4, -0.2) is 31.9 Å². The molecule has 1 heterocycles. The predicted octanol–water partition coefficient (Wildman–Crippen LogP) is 3.70. The van der Waals surface area contributed by atoms with Crippen molar-refractivity contribution in [2.75, 3.05) is 14.2 Å². The SMILES string of the molecule is COc1ccc(CN(C)S(=O)(=O)c2cc(Br)cc3c(C#N)nccc23)cc1. The van der Waals surface area contributed by atoms with Crippen molar-refractivity contribution in [3.05, 3.63) is 64.4 Å². The minimum atomic E-state index is -3.79. The van der Waals surface area contributed by atoms with Crippen LogP contribution in [0, 0.1) is 11.3 Å².